The summed E-state index contributed by atoms with van der Waals surface area (Å²) in [5.41, 5.74) is 4.59. The number of benzene rings is 1. The molecule has 5 nitrogen and oxygen atoms in total. The Balaban J connectivity index is 1.70. The Kier molecular flexibility index (Phi) is 5.09. The molecule has 31 heavy (non-hydrogen) atoms. The van der Waals surface area contributed by atoms with E-state index in [0.717, 1.165) is 40.8 Å². The van der Waals surface area contributed by atoms with Gasteiger partial charge in [0.15, 0.2) is 5.65 Å². The third kappa shape index (κ3) is 3.26. The summed E-state index contributed by atoms with van der Waals surface area (Å²) in [6.07, 6.45) is 7.91. The summed E-state index contributed by atoms with van der Waals surface area (Å²) in [6, 6.07) is 10.0. The van der Waals surface area contributed by atoms with Crippen molar-refractivity contribution in [2.24, 2.45) is 11.8 Å². The zero-order valence-electron chi connectivity index (χ0n) is 18.2. The molecule has 0 radical (unpaired) electrons. The van der Waals surface area contributed by atoms with E-state index < -0.39 is 0 Å². The fraction of sp³-hybridized carbons (Fsp3) is 0.400. The first-order valence-corrected chi connectivity index (χ1v) is 11.5. The number of fused-ring (bicyclic) bond motifs is 3. The van der Waals surface area contributed by atoms with Crippen molar-refractivity contribution >= 4 is 28.2 Å². The predicted octanol–water partition coefficient (Wildman–Crippen LogP) is 5.92. The van der Waals surface area contributed by atoms with Gasteiger partial charge in [-0.2, -0.15) is 5.10 Å². The van der Waals surface area contributed by atoms with Crippen molar-refractivity contribution in [2.75, 3.05) is 0 Å². The highest BCUT2D eigenvalue weighted by Crippen LogP contribution is 2.37. The number of rotatable bonds is 3. The summed E-state index contributed by atoms with van der Waals surface area (Å²) in [7, 11) is 0. The Morgan fingerprint density at radius 2 is 1.90 bits per heavy atom. The lowest BCUT2D eigenvalue weighted by Gasteiger charge is -2.35. The number of halogens is 1. The first kappa shape index (κ1) is 20.3. The molecule has 6 heteroatoms. The van der Waals surface area contributed by atoms with Gasteiger partial charge in [-0.3, -0.25) is 4.79 Å². The number of pyridine rings is 1. The van der Waals surface area contributed by atoms with Crippen LogP contribution in [0.4, 0.5) is 0 Å². The zero-order chi connectivity index (χ0) is 21.7. The maximum atomic E-state index is 13.5. The zero-order valence-corrected chi connectivity index (χ0v) is 18.9. The molecule has 3 aromatic heterocycles. The van der Waals surface area contributed by atoms with Gasteiger partial charge in [-0.25, -0.2) is 9.50 Å². The van der Waals surface area contributed by atoms with E-state index in [1.165, 1.54) is 12.8 Å². The molecule has 0 aliphatic heterocycles. The fourth-order valence-electron chi connectivity index (χ4n) is 5.10. The summed E-state index contributed by atoms with van der Waals surface area (Å²) >= 11 is 6.09. The standard InChI is InChI=1S/C25H27ClN4O/c1-4-20-23(17-8-10-18(26)11-9-17)24-27-14-19-22(30(24)28-20)12-13-29(25(19)31)21-7-5-6-15(2)16(21)3/h8-16,21H,4-7H2,1-3H3/t15-,16-,21-/m0/s1. The molecule has 1 aliphatic carbocycles. The average molecular weight is 435 g/mol. The van der Waals surface area contributed by atoms with Gasteiger partial charge in [0.1, 0.15) is 0 Å². The molecule has 1 aromatic carbocycles. The molecule has 0 bridgehead atoms. The van der Waals surface area contributed by atoms with Crippen LogP contribution in [0.5, 0.6) is 0 Å². The third-order valence-corrected chi connectivity index (χ3v) is 7.35. The van der Waals surface area contributed by atoms with Crippen molar-refractivity contribution in [1.82, 2.24) is 19.2 Å². The molecule has 1 fully saturated rings. The highest BCUT2D eigenvalue weighted by molar-refractivity contribution is 6.30. The topological polar surface area (TPSA) is 52.2 Å². The van der Waals surface area contributed by atoms with Gasteiger partial charge in [-0.1, -0.05) is 57.3 Å². The van der Waals surface area contributed by atoms with E-state index >= 15 is 0 Å². The van der Waals surface area contributed by atoms with E-state index in [1.807, 2.05) is 45.6 Å². The molecular weight excluding hydrogens is 408 g/mol. The van der Waals surface area contributed by atoms with Gasteiger partial charge >= 0.3 is 0 Å². The van der Waals surface area contributed by atoms with Gasteiger partial charge in [0.2, 0.25) is 0 Å². The van der Waals surface area contributed by atoms with Gasteiger partial charge < -0.3 is 4.57 Å². The van der Waals surface area contributed by atoms with E-state index in [1.54, 1.807) is 6.20 Å². The molecule has 1 saturated carbocycles. The summed E-state index contributed by atoms with van der Waals surface area (Å²) in [6.45, 7) is 6.65. The quantitative estimate of drug-likeness (QED) is 0.402. The third-order valence-electron chi connectivity index (χ3n) is 7.10. The van der Waals surface area contributed by atoms with E-state index in [4.69, 9.17) is 21.7 Å². The minimum Gasteiger partial charge on any atom is -0.311 e. The monoisotopic (exact) mass is 434 g/mol. The van der Waals surface area contributed by atoms with Crippen LogP contribution in [0.1, 0.15) is 51.8 Å². The number of aryl methyl sites for hydroxylation is 1. The average Bonchev–Trinajstić information content (AvgIpc) is 3.16. The van der Waals surface area contributed by atoms with Crippen LogP contribution < -0.4 is 5.56 Å². The van der Waals surface area contributed by atoms with Crippen molar-refractivity contribution < 1.29 is 0 Å². The molecule has 0 saturated heterocycles. The smallest absolute Gasteiger partial charge is 0.261 e. The first-order chi connectivity index (χ1) is 15.0. The van der Waals surface area contributed by atoms with Crippen LogP contribution in [0, 0.1) is 11.8 Å². The second-order valence-electron chi connectivity index (χ2n) is 8.84. The maximum Gasteiger partial charge on any atom is 0.261 e. The lowest BCUT2D eigenvalue weighted by Crippen LogP contribution is -2.33. The lowest BCUT2D eigenvalue weighted by atomic mass is 9.78. The predicted molar refractivity (Wildman–Crippen MR) is 126 cm³/mol. The maximum absolute atomic E-state index is 13.5. The van der Waals surface area contributed by atoms with E-state index in [-0.39, 0.29) is 11.6 Å². The Morgan fingerprint density at radius 3 is 2.65 bits per heavy atom. The molecule has 3 atom stereocenters. The Hall–Kier alpha value is -2.66. The van der Waals surface area contributed by atoms with E-state index in [9.17, 15) is 4.79 Å². The number of nitrogens with zero attached hydrogens (tertiary/aromatic N) is 4. The molecule has 4 aromatic rings. The number of aromatic nitrogens is 4. The largest absolute Gasteiger partial charge is 0.311 e. The van der Waals surface area contributed by atoms with Crippen LogP contribution in [0.15, 0.2) is 47.5 Å². The minimum absolute atomic E-state index is 0.0273. The van der Waals surface area contributed by atoms with Crippen molar-refractivity contribution in [3.05, 3.63) is 63.8 Å². The highest BCUT2D eigenvalue weighted by Gasteiger charge is 2.29. The van der Waals surface area contributed by atoms with Crippen LogP contribution in [-0.4, -0.2) is 19.2 Å². The van der Waals surface area contributed by atoms with Crippen molar-refractivity contribution in [3.63, 3.8) is 0 Å². The Morgan fingerprint density at radius 1 is 1.13 bits per heavy atom. The first-order valence-electron chi connectivity index (χ1n) is 11.2. The van der Waals surface area contributed by atoms with Gasteiger partial charge in [0, 0.05) is 29.0 Å². The molecule has 160 valence electrons. The minimum atomic E-state index is 0.0273. The van der Waals surface area contributed by atoms with Crippen LogP contribution in [0.2, 0.25) is 5.02 Å². The molecule has 1 aliphatic rings. The summed E-state index contributed by atoms with van der Waals surface area (Å²) in [4.78, 5) is 18.2. The fourth-order valence-corrected chi connectivity index (χ4v) is 5.22. The van der Waals surface area contributed by atoms with Crippen molar-refractivity contribution in [1.29, 1.82) is 0 Å². The second-order valence-corrected chi connectivity index (χ2v) is 9.27. The summed E-state index contributed by atoms with van der Waals surface area (Å²) in [5, 5.41) is 6.16. The Labute approximate surface area is 186 Å². The molecule has 0 unspecified atom stereocenters. The van der Waals surface area contributed by atoms with Crippen molar-refractivity contribution in [3.8, 4) is 11.1 Å². The van der Waals surface area contributed by atoms with Gasteiger partial charge in [-0.05, 0) is 48.4 Å². The molecule has 0 amide bonds. The second kappa shape index (κ2) is 7.79. The Bertz CT molecular complexity index is 1320. The molecular formula is C25H27ClN4O. The highest BCUT2D eigenvalue weighted by atomic mass is 35.5. The summed E-state index contributed by atoms with van der Waals surface area (Å²) in [5.74, 6) is 1.11. The van der Waals surface area contributed by atoms with Gasteiger partial charge in [-0.15, -0.1) is 0 Å². The summed E-state index contributed by atoms with van der Waals surface area (Å²) < 4.78 is 3.76. The van der Waals surface area contributed by atoms with Crippen LogP contribution in [0.25, 0.3) is 27.7 Å². The van der Waals surface area contributed by atoms with Crippen LogP contribution in [0.3, 0.4) is 0 Å². The molecule has 0 N–H and O–H groups in total. The van der Waals surface area contributed by atoms with Gasteiger partial charge in [0.05, 0.1) is 16.6 Å². The van der Waals surface area contributed by atoms with Crippen molar-refractivity contribution in [2.45, 2.75) is 52.5 Å². The molecule has 0 spiro atoms. The number of hydrogen-bond donors (Lipinski definition) is 0. The van der Waals surface area contributed by atoms with E-state index in [0.29, 0.717) is 22.2 Å². The SMILES string of the molecule is CCc1nn2c(ncc3c(=O)n([C@H]4CCC[C@H](C)[C@@H]4C)ccc32)c1-c1ccc(Cl)cc1. The lowest BCUT2D eigenvalue weighted by molar-refractivity contribution is 0.183. The molecule has 5 rings (SSSR count). The van der Waals surface area contributed by atoms with Crippen LogP contribution >= 0.6 is 11.6 Å². The van der Waals surface area contributed by atoms with Gasteiger partial charge in [0.25, 0.3) is 5.56 Å². The molecule has 3 heterocycles. The van der Waals surface area contributed by atoms with Crippen LogP contribution in [-0.2, 0) is 6.42 Å². The normalized spacial score (nSPS) is 21.7. The number of hydrogen-bond acceptors (Lipinski definition) is 3. The van der Waals surface area contributed by atoms with E-state index in [2.05, 4.69) is 20.8 Å².